The Kier molecular flexibility index (Phi) is 6.38. The Balaban J connectivity index is 2.34. The summed E-state index contributed by atoms with van der Waals surface area (Å²) in [5, 5.41) is 0. The molecule has 0 aromatic carbocycles. The van der Waals surface area contributed by atoms with Crippen LogP contribution >= 0.6 is 0 Å². The average Bonchev–Trinajstić information content (AvgIpc) is 1.61. The van der Waals surface area contributed by atoms with Gasteiger partial charge in [0.05, 0.1) is 0 Å². The molecule has 0 unspecified atom stereocenters. The summed E-state index contributed by atoms with van der Waals surface area (Å²) in [4.78, 5) is 1.08. The Bertz CT molecular complexity index is 22.8. The lowest BCUT2D eigenvalue weighted by Gasteiger charge is -1.89. The SMILES string of the molecule is CCO[Si][CH2][Al]. The summed E-state index contributed by atoms with van der Waals surface area (Å²) >= 11 is 2.62. The topological polar surface area (TPSA) is 9.23 Å². The van der Waals surface area contributed by atoms with Gasteiger partial charge in [0.1, 0.15) is 16.3 Å². The molecule has 6 heavy (non-hydrogen) atoms. The lowest BCUT2D eigenvalue weighted by Crippen LogP contribution is -1.95. The number of hydrogen-bond acceptors (Lipinski definition) is 1. The van der Waals surface area contributed by atoms with Gasteiger partial charge in [-0.3, -0.25) is 0 Å². The standard InChI is InChI=1S/C3H7OSi.Al/c1-3-4-5-2;/h2-3H2,1H3;. The molecule has 0 aliphatic heterocycles. The minimum atomic E-state index is 0.678. The van der Waals surface area contributed by atoms with E-state index in [1.54, 1.807) is 0 Å². The van der Waals surface area contributed by atoms with E-state index in [0.717, 1.165) is 11.5 Å². The Morgan fingerprint density at radius 1 is 1.83 bits per heavy atom. The molecule has 0 heterocycles. The van der Waals surface area contributed by atoms with Crippen molar-refractivity contribution in [3.63, 3.8) is 0 Å². The number of rotatable bonds is 3. The molecule has 0 saturated heterocycles. The van der Waals surface area contributed by atoms with E-state index in [-0.39, 0.29) is 0 Å². The smallest absolute Gasteiger partial charge is 0.213 e. The Labute approximate surface area is 49.4 Å². The van der Waals surface area contributed by atoms with Crippen LogP contribution in [0.4, 0.5) is 0 Å². The van der Waals surface area contributed by atoms with Crippen LogP contribution in [0.5, 0.6) is 0 Å². The highest BCUT2D eigenvalue weighted by molar-refractivity contribution is 6.41. The first kappa shape index (κ1) is 6.71. The molecule has 0 aliphatic rings. The zero-order chi connectivity index (χ0) is 4.83. The normalized spacial score (nSPS) is 8.83. The van der Waals surface area contributed by atoms with Crippen molar-refractivity contribution in [2.75, 3.05) is 6.61 Å². The molecule has 0 amide bonds. The van der Waals surface area contributed by atoms with E-state index in [1.807, 2.05) is 6.92 Å². The van der Waals surface area contributed by atoms with Crippen molar-refractivity contribution in [2.45, 2.75) is 11.8 Å². The first-order valence-electron chi connectivity index (χ1n) is 1.96. The molecule has 0 atom stereocenters. The fraction of sp³-hybridized carbons (Fsp3) is 1.00. The van der Waals surface area contributed by atoms with Gasteiger partial charge in [0.25, 0.3) is 0 Å². The molecule has 32 valence electrons. The largest absolute Gasteiger partial charge is 0.419 e. The van der Waals surface area contributed by atoms with E-state index in [1.165, 1.54) is 0 Å². The minimum absolute atomic E-state index is 0.678. The maximum Gasteiger partial charge on any atom is 0.213 e. The molecule has 4 radical (unpaired) electrons. The first-order valence-corrected chi connectivity index (χ1v) is 3.89. The van der Waals surface area contributed by atoms with E-state index in [4.69, 9.17) is 4.43 Å². The molecule has 0 spiro atoms. The maximum atomic E-state index is 4.99. The molecule has 1 nitrogen and oxygen atoms in total. The van der Waals surface area contributed by atoms with Crippen molar-refractivity contribution in [1.82, 2.24) is 0 Å². The Morgan fingerprint density at radius 3 is 2.67 bits per heavy atom. The zero-order valence-electron chi connectivity index (χ0n) is 3.90. The monoisotopic (exact) mass is 114 g/mol. The van der Waals surface area contributed by atoms with Crippen LogP contribution in [-0.2, 0) is 4.43 Å². The highest BCUT2D eigenvalue weighted by Gasteiger charge is 1.76. The summed E-state index contributed by atoms with van der Waals surface area (Å²) in [6, 6.07) is 0. The third kappa shape index (κ3) is 4.71. The second kappa shape index (κ2) is 5.71. The van der Waals surface area contributed by atoms with Crippen molar-refractivity contribution >= 4 is 26.1 Å². The van der Waals surface area contributed by atoms with Crippen molar-refractivity contribution in [1.29, 1.82) is 0 Å². The van der Waals surface area contributed by atoms with Crippen LogP contribution < -0.4 is 0 Å². The van der Waals surface area contributed by atoms with Gasteiger partial charge in [-0.1, -0.05) is 4.91 Å². The van der Waals surface area contributed by atoms with Crippen molar-refractivity contribution in [3.05, 3.63) is 0 Å². The van der Waals surface area contributed by atoms with E-state index < -0.39 is 0 Å². The van der Waals surface area contributed by atoms with E-state index in [0.29, 0.717) is 9.76 Å². The van der Waals surface area contributed by atoms with Crippen LogP contribution in [0.2, 0.25) is 4.91 Å². The van der Waals surface area contributed by atoms with Gasteiger partial charge in [0.15, 0.2) is 0 Å². The molecule has 0 bridgehead atoms. The Hall–Kier alpha value is 0.709. The molecule has 0 aromatic heterocycles. The molecule has 0 aromatic rings. The average molecular weight is 114 g/mol. The second-order valence-electron chi connectivity index (χ2n) is 0.781. The second-order valence-corrected chi connectivity index (χ2v) is 2.99. The fourth-order valence-electron chi connectivity index (χ4n) is 0.161. The molecule has 0 aliphatic carbocycles. The van der Waals surface area contributed by atoms with Crippen LogP contribution in [0.15, 0.2) is 0 Å². The predicted octanol–water partition coefficient (Wildman–Crippen LogP) is 0.186. The molecule has 3 heteroatoms. The Morgan fingerprint density at radius 2 is 2.50 bits per heavy atom. The number of hydrogen-bond donors (Lipinski definition) is 0. The van der Waals surface area contributed by atoms with Crippen LogP contribution in [0.3, 0.4) is 0 Å². The van der Waals surface area contributed by atoms with Crippen molar-refractivity contribution in [3.8, 4) is 0 Å². The van der Waals surface area contributed by atoms with Gasteiger partial charge < -0.3 is 4.43 Å². The van der Waals surface area contributed by atoms with Gasteiger partial charge in [0.2, 0.25) is 9.76 Å². The van der Waals surface area contributed by atoms with E-state index in [9.17, 15) is 0 Å². The summed E-state index contributed by atoms with van der Waals surface area (Å²) in [5.74, 6) is 0. The molecule has 0 saturated carbocycles. The summed E-state index contributed by atoms with van der Waals surface area (Å²) in [6.07, 6.45) is 0. The lowest BCUT2D eigenvalue weighted by atomic mass is 10.9. The molecule has 0 N–H and O–H groups in total. The highest BCUT2D eigenvalue weighted by Crippen LogP contribution is 1.69. The van der Waals surface area contributed by atoms with Gasteiger partial charge in [-0.15, -0.1) is 0 Å². The summed E-state index contributed by atoms with van der Waals surface area (Å²) in [6.45, 7) is 2.86. The van der Waals surface area contributed by atoms with Crippen LogP contribution in [-0.4, -0.2) is 32.7 Å². The van der Waals surface area contributed by atoms with E-state index >= 15 is 0 Å². The summed E-state index contributed by atoms with van der Waals surface area (Å²) in [5.41, 5.74) is 0. The van der Waals surface area contributed by atoms with Crippen LogP contribution in [0, 0.1) is 0 Å². The quantitative estimate of drug-likeness (QED) is 0.376. The minimum Gasteiger partial charge on any atom is -0.419 e. The van der Waals surface area contributed by atoms with E-state index in [2.05, 4.69) is 16.3 Å². The summed E-state index contributed by atoms with van der Waals surface area (Å²) in [7, 11) is 0.678. The third-order valence-corrected chi connectivity index (χ3v) is 1.49. The van der Waals surface area contributed by atoms with Crippen molar-refractivity contribution in [2.24, 2.45) is 0 Å². The lowest BCUT2D eigenvalue weighted by molar-refractivity contribution is 0.363. The first-order chi connectivity index (χ1) is 2.91. The maximum absolute atomic E-state index is 4.99. The zero-order valence-corrected chi connectivity index (χ0v) is 6.05. The fourth-order valence-corrected chi connectivity index (χ4v) is 0.837. The third-order valence-electron chi connectivity index (χ3n) is 0.330. The van der Waals surface area contributed by atoms with Gasteiger partial charge in [-0.05, 0) is 6.92 Å². The van der Waals surface area contributed by atoms with Gasteiger partial charge in [-0.2, -0.15) is 0 Å². The van der Waals surface area contributed by atoms with Crippen LogP contribution in [0.1, 0.15) is 6.92 Å². The summed E-state index contributed by atoms with van der Waals surface area (Å²) < 4.78 is 4.99. The van der Waals surface area contributed by atoms with Crippen LogP contribution in [0.25, 0.3) is 0 Å². The predicted molar refractivity (Wildman–Crippen MR) is 27.9 cm³/mol. The van der Waals surface area contributed by atoms with Gasteiger partial charge in [0, 0.05) is 6.61 Å². The van der Waals surface area contributed by atoms with Gasteiger partial charge >= 0.3 is 0 Å². The van der Waals surface area contributed by atoms with Gasteiger partial charge in [-0.25, -0.2) is 0 Å². The molecular weight excluding hydrogens is 107 g/mol. The highest BCUT2D eigenvalue weighted by atomic mass is 28.2. The van der Waals surface area contributed by atoms with Crippen molar-refractivity contribution < 1.29 is 4.43 Å². The molecule has 0 fully saturated rings. The molecule has 0 rings (SSSR count). The molecular formula is C3H7AlOSi.